The number of pyridine rings is 1. The molecule has 2 rings (SSSR count). The van der Waals surface area contributed by atoms with Crippen LogP contribution in [0.3, 0.4) is 0 Å². The van der Waals surface area contributed by atoms with E-state index in [1.54, 1.807) is 18.2 Å². The van der Waals surface area contributed by atoms with Gasteiger partial charge in [0.15, 0.2) is 0 Å². The second-order valence-corrected chi connectivity index (χ2v) is 4.20. The van der Waals surface area contributed by atoms with Crippen molar-refractivity contribution in [3.63, 3.8) is 0 Å². The lowest BCUT2D eigenvalue weighted by molar-refractivity contribution is -0.115. The third kappa shape index (κ3) is 3.21. The molecule has 5 heteroatoms. The van der Waals surface area contributed by atoms with Crippen LogP contribution >= 0.6 is 11.6 Å². The predicted molar refractivity (Wildman–Crippen MR) is 72.4 cm³/mol. The van der Waals surface area contributed by atoms with E-state index in [-0.39, 0.29) is 12.3 Å². The van der Waals surface area contributed by atoms with Gasteiger partial charge in [-0.2, -0.15) is 0 Å². The molecule has 0 spiro atoms. The Bertz CT molecular complexity index is 554. The van der Waals surface area contributed by atoms with Crippen molar-refractivity contribution in [3.8, 4) is 0 Å². The van der Waals surface area contributed by atoms with E-state index in [0.29, 0.717) is 16.5 Å². The minimum atomic E-state index is -0.144. The second-order valence-electron chi connectivity index (χ2n) is 3.79. The highest BCUT2D eigenvalue weighted by atomic mass is 35.5. The first-order valence-corrected chi connectivity index (χ1v) is 5.78. The topological polar surface area (TPSA) is 68.0 Å². The molecule has 3 N–H and O–H groups in total. The number of nitrogens with two attached hydrogens (primary N) is 1. The van der Waals surface area contributed by atoms with Gasteiger partial charge in [0.25, 0.3) is 0 Å². The van der Waals surface area contributed by atoms with Crippen molar-refractivity contribution in [2.45, 2.75) is 6.42 Å². The van der Waals surface area contributed by atoms with Gasteiger partial charge in [-0.1, -0.05) is 29.8 Å². The van der Waals surface area contributed by atoms with Crippen molar-refractivity contribution >= 4 is 29.0 Å². The Labute approximate surface area is 110 Å². The number of nitrogens with one attached hydrogen (secondary N) is 1. The average molecular weight is 262 g/mol. The van der Waals surface area contributed by atoms with Crippen LogP contribution in [-0.4, -0.2) is 10.9 Å². The molecule has 0 aliphatic rings. The average Bonchev–Trinajstić information content (AvgIpc) is 2.35. The van der Waals surface area contributed by atoms with Crippen LogP contribution in [0, 0.1) is 0 Å². The molecule has 1 amide bonds. The quantitative estimate of drug-likeness (QED) is 0.892. The molecular weight excluding hydrogens is 250 g/mol. The number of rotatable bonds is 3. The van der Waals surface area contributed by atoms with Gasteiger partial charge in [0.2, 0.25) is 5.91 Å². The first kappa shape index (κ1) is 12.4. The first-order valence-electron chi connectivity index (χ1n) is 5.40. The van der Waals surface area contributed by atoms with Crippen LogP contribution in [0.25, 0.3) is 0 Å². The maximum absolute atomic E-state index is 11.8. The zero-order valence-electron chi connectivity index (χ0n) is 9.56. The number of anilines is 2. The summed E-state index contributed by atoms with van der Waals surface area (Å²) >= 11 is 5.98. The number of aromatic nitrogens is 1. The molecule has 1 aromatic heterocycles. The number of hydrogen-bond donors (Lipinski definition) is 2. The number of hydrogen-bond acceptors (Lipinski definition) is 3. The molecule has 92 valence electrons. The maximum Gasteiger partial charge on any atom is 0.228 e. The molecular formula is C13H12ClN3O. The molecule has 4 nitrogen and oxygen atoms in total. The Morgan fingerprint density at radius 1 is 1.28 bits per heavy atom. The standard InChI is InChI=1S/C13H12ClN3O/c14-11-4-2-1-3-9(11)7-13(18)17-10-5-6-12(15)16-8-10/h1-6,8H,7H2,(H2,15,16)(H,17,18). The van der Waals surface area contributed by atoms with Gasteiger partial charge in [0.05, 0.1) is 18.3 Å². The Kier molecular flexibility index (Phi) is 3.79. The third-order valence-corrected chi connectivity index (χ3v) is 2.75. The minimum Gasteiger partial charge on any atom is -0.384 e. The molecule has 0 fully saturated rings. The Morgan fingerprint density at radius 3 is 2.72 bits per heavy atom. The summed E-state index contributed by atoms with van der Waals surface area (Å²) in [7, 11) is 0. The van der Waals surface area contributed by atoms with Crippen LogP contribution < -0.4 is 11.1 Å². The van der Waals surface area contributed by atoms with Crippen LogP contribution in [-0.2, 0) is 11.2 Å². The molecule has 2 aromatic rings. The normalized spacial score (nSPS) is 10.1. The van der Waals surface area contributed by atoms with Crippen molar-refractivity contribution < 1.29 is 4.79 Å². The molecule has 1 aromatic carbocycles. The fourth-order valence-electron chi connectivity index (χ4n) is 1.50. The van der Waals surface area contributed by atoms with Crippen molar-refractivity contribution in [3.05, 3.63) is 53.2 Å². The van der Waals surface area contributed by atoms with Gasteiger partial charge >= 0.3 is 0 Å². The van der Waals surface area contributed by atoms with Crippen molar-refractivity contribution in [1.82, 2.24) is 4.98 Å². The molecule has 0 saturated heterocycles. The second kappa shape index (κ2) is 5.51. The number of nitrogens with zero attached hydrogens (tertiary/aromatic N) is 1. The highest BCUT2D eigenvalue weighted by Gasteiger charge is 2.06. The van der Waals surface area contributed by atoms with Crippen LogP contribution in [0.2, 0.25) is 5.02 Å². The zero-order valence-corrected chi connectivity index (χ0v) is 10.3. The number of amides is 1. The van der Waals surface area contributed by atoms with Gasteiger partial charge in [0.1, 0.15) is 5.82 Å². The molecule has 1 heterocycles. The molecule has 18 heavy (non-hydrogen) atoms. The van der Waals surface area contributed by atoms with Gasteiger partial charge < -0.3 is 11.1 Å². The fraction of sp³-hybridized carbons (Fsp3) is 0.0769. The van der Waals surface area contributed by atoms with E-state index in [0.717, 1.165) is 5.56 Å². The number of halogens is 1. The van der Waals surface area contributed by atoms with E-state index in [1.165, 1.54) is 6.20 Å². The lowest BCUT2D eigenvalue weighted by atomic mass is 10.1. The predicted octanol–water partition coefficient (Wildman–Crippen LogP) is 2.50. The highest BCUT2D eigenvalue weighted by molar-refractivity contribution is 6.31. The van der Waals surface area contributed by atoms with Gasteiger partial charge in [0, 0.05) is 5.02 Å². The SMILES string of the molecule is Nc1ccc(NC(=O)Cc2ccccc2Cl)cn1. The molecule has 0 unspecified atom stereocenters. The van der Waals surface area contributed by atoms with Crippen LogP contribution in [0.1, 0.15) is 5.56 Å². The van der Waals surface area contributed by atoms with Gasteiger partial charge in [-0.3, -0.25) is 4.79 Å². The van der Waals surface area contributed by atoms with E-state index >= 15 is 0 Å². The molecule has 0 aliphatic carbocycles. The number of carbonyl (C=O) groups is 1. The molecule has 0 bridgehead atoms. The Balaban J connectivity index is 2.01. The summed E-state index contributed by atoms with van der Waals surface area (Å²) in [5.41, 5.74) is 6.86. The molecule has 0 atom stereocenters. The summed E-state index contributed by atoms with van der Waals surface area (Å²) in [6.07, 6.45) is 1.74. The monoisotopic (exact) mass is 261 g/mol. The number of carbonyl (C=O) groups excluding carboxylic acids is 1. The lowest BCUT2D eigenvalue weighted by Crippen LogP contribution is -2.14. The van der Waals surface area contributed by atoms with E-state index in [2.05, 4.69) is 10.3 Å². The van der Waals surface area contributed by atoms with Gasteiger partial charge in [-0.25, -0.2) is 4.98 Å². The van der Waals surface area contributed by atoms with Crippen LogP contribution in [0.4, 0.5) is 11.5 Å². The summed E-state index contributed by atoms with van der Waals surface area (Å²) in [5, 5.41) is 3.32. The third-order valence-electron chi connectivity index (χ3n) is 2.38. The zero-order chi connectivity index (χ0) is 13.0. The van der Waals surface area contributed by atoms with E-state index in [9.17, 15) is 4.79 Å². The fourth-order valence-corrected chi connectivity index (χ4v) is 1.70. The van der Waals surface area contributed by atoms with Crippen LogP contribution in [0.15, 0.2) is 42.6 Å². The summed E-state index contributed by atoms with van der Waals surface area (Å²) in [5.74, 6) is 0.272. The first-order chi connectivity index (χ1) is 8.65. The lowest BCUT2D eigenvalue weighted by Gasteiger charge is -2.06. The van der Waals surface area contributed by atoms with Gasteiger partial charge in [-0.15, -0.1) is 0 Å². The smallest absolute Gasteiger partial charge is 0.228 e. The minimum absolute atomic E-state index is 0.144. The molecule has 0 radical (unpaired) electrons. The Morgan fingerprint density at radius 2 is 2.06 bits per heavy atom. The van der Waals surface area contributed by atoms with Crippen molar-refractivity contribution in [1.29, 1.82) is 0 Å². The van der Waals surface area contributed by atoms with E-state index < -0.39 is 0 Å². The summed E-state index contributed by atoms with van der Waals surface area (Å²) in [6.45, 7) is 0. The van der Waals surface area contributed by atoms with Crippen molar-refractivity contribution in [2.75, 3.05) is 11.1 Å². The van der Waals surface area contributed by atoms with Crippen LogP contribution in [0.5, 0.6) is 0 Å². The number of nitrogen functional groups attached to an aromatic ring is 1. The Hall–Kier alpha value is -2.07. The summed E-state index contributed by atoms with van der Waals surface area (Å²) in [4.78, 5) is 15.7. The highest BCUT2D eigenvalue weighted by Crippen LogP contribution is 2.16. The number of benzene rings is 1. The van der Waals surface area contributed by atoms with Gasteiger partial charge in [-0.05, 0) is 23.8 Å². The molecule has 0 saturated carbocycles. The molecule has 0 aliphatic heterocycles. The van der Waals surface area contributed by atoms with Crippen molar-refractivity contribution in [2.24, 2.45) is 0 Å². The van der Waals surface area contributed by atoms with E-state index in [4.69, 9.17) is 17.3 Å². The largest absolute Gasteiger partial charge is 0.384 e. The summed E-state index contributed by atoms with van der Waals surface area (Å²) < 4.78 is 0. The maximum atomic E-state index is 11.8. The summed E-state index contributed by atoms with van der Waals surface area (Å²) in [6, 6.07) is 10.6. The van der Waals surface area contributed by atoms with E-state index in [1.807, 2.05) is 18.2 Å².